The van der Waals surface area contributed by atoms with Crippen LogP contribution >= 0.6 is 11.6 Å². The summed E-state index contributed by atoms with van der Waals surface area (Å²) in [4.78, 5) is 0. The quantitative estimate of drug-likeness (QED) is 0.866. The van der Waals surface area contributed by atoms with Crippen LogP contribution in [0.1, 0.15) is 30.5 Å². The average Bonchev–Trinajstić information content (AvgIpc) is 2.70. The number of hydrogen-bond acceptors (Lipinski definition) is 2. The molecule has 1 aromatic rings. The Morgan fingerprint density at radius 3 is 3.12 bits per heavy atom. The van der Waals surface area contributed by atoms with E-state index in [1.165, 1.54) is 17.5 Å². The Labute approximate surface area is 108 Å². The minimum atomic E-state index is 0.372. The zero-order valence-electron chi connectivity index (χ0n) is 10.1. The Bertz CT molecular complexity index is 417. The van der Waals surface area contributed by atoms with Crippen molar-refractivity contribution < 1.29 is 4.74 Å². The molecule has 0 bridgehead atoms. The third-order valence-corrected chi connectivity index (χ3v) is 3.15. The van der Waals surface area contributed by atoms with Gasteiger partial charge in [-0.25, -0.2) is 0 Å². The highest BCUT2D eigenvalue weighted by molar-refractivity contribution is 6.29. The lowest BCUT2D eigenvalue weighted by Gasteiger charge is -2.13. The summed E-state index contributed by atoms with van der Waals surface area (Å²) in [5.41, 5.74) is 2.79. The van der Waals surface area contributed by atoms with Crippen molar-refractivity contribution in [3.05, 3.63) is 40.9 Å². The summed E-state index contributed by atoms with van der Waals surface area (Å²) in [5, 5.41) is 4.02. The first-order chi connectivity index (χ1) is 8.20. The summed E-state index contributed by atoms with van der Waals surface area (Å²) < 4.78 is 5.54. The van der Waals surface area contributed by atoms with Gasteiger partial charge in [0, 0.05) is 11.1 Å². The fourth-order valence-corrected chi connectivity index (χ4v) is 2.36. The maximum absolute atomic E-state index is 5.68. The van der Waals surface area contributed by atoms with Gasteiger partial charge in [0.2, 0.25) is 0 Å². The van der Waals surface area contributed by atoms with Crippen molar-refractivity contribution in [2.24, 2.45) is 0 Å². The lowest BCUT2D eigenvalue weighted by molar-refractivity contribution is 0.359. The molecule has 1 atom stereocenters. The van der Waals surface area contributed by atoms with Gasteiger partial charge in [-0.1, -0.05) is 31.2 Å². The van der Waals surface area contributed by atoms with Crippen molar-refractivity contribution in [1.29, 1.82) is 0 Å². The van der Waals surface area contributed by atoms with Gasteiger partial charge in [-0.05, 0) is 42.6 Å². The molecule has 0 saturated carbocycles. The van der Waals surface area contributed by atoms with Crippen LogP contribution < -0.4 is 10.1 Å². The molecule has 0 fully saturated rings. The van der Waals surface area contributed by atoms with E-state index in [1.807, 2.05) is 6.07 Å². The lowest BCUT2D eigenvalue weighted by Crippen LogP contribution is -2.18. The number of rotatable bonds is 5. The van der Waals surface area contributed by atoms with Crippen LogP contribution in [0, 0.1) is 0 Å². The first kappa shape index (κ1) is 12.5. The molecule has 1 unspecified atom stereocenters. The third-order valence-electron chi connectivity index (χ3n) is 3.04. The second kappa shape index (κ2) is 5.56. The highest BCUT2D eigenvalue weighted by atomic mass is 35.5. The van der Waals surface area contributed by atoms with Crippen molar-refractivity contribution in [2.45, 2.75) is 25.8 Å². The van der Waals surface area contributed by atoms with Gasteiger partial charge >= 0.3 is 0 Å². The molecule has 1 aliphatic carbocycles. The normalized spacial score (nSPS) is 17.9. The van der Waals surface area contributed by atoms with Crippen LogP contribution in [0.4, 0.5) is 0 Å². The number of benzene rings is 1. The predicted octanol–water partition coefficient (Wildman–Crippen LogP) is 3.41. The number of nitrogens with one attached hydrogen (secondary N) is 1. The second-order valence-corrected chi connectivity index (χ2v) is 4.85. The maximum atomic E-state index is 5.68. The summed E-state index contributed by atoms with van der Waals surface area (Å²) >= 11 is 5.68. The van der Waals surface area contributed by atoms with Crippen molar-refractivity contribution in [2.75, 3.05) is 13.2 Å². The van der Waals surface area contributed by atoms with Crippen molar-refractivity contribution in [3.63, 3.8) is 0 Å². The zero-order chi connectivity index (χ0) is 12.3. The molecule has 0 aliphatic heterocycles. The molecule has 2 nitrogen and oxygen atoms in total. The fourth-order valence-electron chi connectivity index (χ4n) is 2.30. The van der Waals surface area contributed by atoms with E-state index in [1.54, 1.807) is 0 Å². The van der Waals surface area contributed by atoms with Crippen LogP contribution in [0.2, 0.25) is 0 Å². The molecule has 0 radical (unpaired) electrons. The number of aryl methyl sites for hydroxylation is 1. The molecule has 1 aliphatic rings. The first-order valence-corrected chi connectivity index (χ1v) is 6.40. The molecule has 17 heavy (non-hydrogen) atoms. The van der Waals surface area contributed by atoms with Gasteiger partial charge < -0.3 is 10.1 Å². The smallest absolute Gasteiger partial charge is 0.123 e. The maximum Gasteiger partial charge on any atom is 0.123 e. The van der Waals surface area contributed by atoms with Crippen LogP contribution in [-0.4, -0.2) is 13.2 Å². The molecule has 0 amide bonds. The summed E-state index contributed by atoms with van der Waals surface area (Å²) in [5.74, 6) is 0.877. The topological polar surface area (TPSA) is 21.3 Å². The largest absolute Gasteiger partial charge is 0.488 e. The molecule has 1 aromatic carbocycles. The fraction of sp³-hybridized carbons (Fsp3) is 0.429. The second-order valence-electron chi connectivity index (χ2n) is 4.32. The van der Waals surface area contributed by atoms with Crippen LogP contribution in [0.5, 0.6) is 5.75 Å². The first-order valence-electron chi connectivity index (χ1n) is 6.03. The molecule has 0 saturated heterocycles. The minimum Gasteiger partial charge on any atom is -0.488 e. The number of halogens is 1. The van der Waals surface area contributed by atoms with Crippen molar-refractivity contribution >= 4 is 11.6 Å². The van der Waals surface area contributed by atoms with Gasteiger partial charge in [0.1, 0.15) is 12.4 Å². The van der Waals surface area contributed by atoms with E-state index in [0.717, 1.165) is 18.7 Å². The molecule has 1 N–H and O–H groups in total. The van der Waals surface area contributed by atoms with E-state index in [4.69, 9.17) is 16.3 Å². The van der Waals surface area contributed by atoms with E-state index < -0.39 is 0 Å². The molecular weight excluding hydrogens is 234 g/mol. The highest BCUT2D eigenvalue weighted by Crippen LogP contribution is 2.33. The Morgan fingerprint density at radius 2 is 2.41 bits per heavy atom. The summed E-state index contributed by atoms with van der Waals surface area (Å²) in [6, 6.07) is 6.79. The van der Waals surface area contributed by atoms with Gasteiger partial charge in [0.05, 0.1) is 0 Å². The summed E-state index contributed by atoms with van der Waals surface area (Å²) in [6.07, 6.45) is 2.29. The van der Waals surface area contributed by atoms with Gasteiger partial charge in [0.15, 0.2) is 0 Å². The van der Waals surface area contributed by atoms with E-state index in [-0.39, 0.29) is 0 Å². The summed E-state index contributed by atoms with van der Waals surface area (Å²) in [6.45, 7) is 7.13. The Hall–Kier alpha value is -0.990. The Morgan fingerprint density at radius 1 is 1.59 bits per heavy atom. The van der Waals surface area contributed by atoms with E-state index >= 15 is 0 Å². The molecule has 0 spiro atoms. The van der Waals surface area contributed by atoms with Crippen LogP contribution in [0.25, 0.3) is 0 Å². The molecule has 0 aromatic heterocycles. The van der Waals surface area contributed by atoms with E-state index in [0.29, 0.717) is 17.7 Å². The van der Waals surface area contributed by atoms with Crippen LogP contribution in [0.3, 0.4) is 0 Å². The van der Waals surface area contributed by atoms with E-state index in [2.05, 4.69) is 31.0 Å². The molecule has 2 rings (SSSR count). The minimum absolute atomic E-state index is 0.372. The monoisotopic (exact) mass is 251 g/mol. The number of hydrogen-bond donors (Lipinski definition) is 1. The third kappa shape index (κ3) is 3.02. The van der Waals surface area contributed by atoms with Crippen molar-refractivity contribution in [1.82, 2.24) is 5.32 Å². The van der Waals surface area contributed by atoms with Crippen molar-refractivity contribution in [3.8, 4) is 5.75 Å². The predicted molar refractivity (Wildman–Crippen MR) is 71.7 cm³/mol. The lowest BCUT2D eigenvalue weighted by atomic mass is 10.1. The van der Waals surface area contributed by atoms with Crippen LogP contribution in [-0.2, 0) is 6.42 Å². The van der Waals surface area contributed by atoms with Gasteiger partial charge in [-0.15, -0.1) is 0 Å². The molecule has 92 valence electrons. The molecule has 0 heterocycles. The zero-order valence-corrected chi connectivity index (χ0v) is 10.9. The SMILES string of the molecule is C=C(Cl)COc1ccc2c(c1)CCC2NCC. The van der Waals surface area contributed by atoms with Crippen LogP contribution in [0.15, 0.2) is 29.8 Å². The number of ether oxygens (including phenoxy) is 1. The van der Waals surface area contributed by atoms with Gasteiger partial charge in [-0.3, -0.25) is 0 Å². The highest BCUT2D eigenvalue weighted by Gasteiger charge is 2.21. The Kier molecular flexibility index (Phi) is 4.08. The average molecular weight is 252 g/mol. The molecule has 3 heteroatoms. The summed E-state index contributed by atoms with van der Waals surface area (Å²) in [7, 11) is 0. The van der Waals surface area contributed by atoms with Gasteiger partial charge in [-0.2, -0.15) is 0 Å². The van der Waals surface area contributed by atoms with Gasteiger partial charge in [0.25, 0.3) is 0 Å². The van der Waals surface area contributed by atoms with E-state index in [9.17, 15) is 0 Å². The Balaban J connectivity index is 2.08. The standard InChI is InChI=1S/C14H18ClNO/c1-3-16-14-7-4-11-8-12(5-6-13(11)14)17-9-10(2)15/h5-6,8,14,16H,2-4,7,9H2,1H3. The number of fused-ring (bicyclic) bond motifs is 1. The molecular formula is C14H18ClNO.